The highest BCUT2D eigenvalue weighted by atomic mass is 14.2. The van der Waals surface area contributed by atoms with Crippen molar-refractivity contribution < 1.29 is 0 Å². The molecule has 0 heteroatoms. The molecular weight excluding hydrogens is 577 g/mol. The molecular formula is C48H72. The number of benzene rings is 4. The Hall–Kier alpha value is -3.12. The summed E-state index contributed by atoms with van der Waals surface area (Å²) in [4.78, 5) is 0. The van der Waals surface area contributed by atoms with Gasteiger partial charge in [0.1, 0.15) is 0 Å². The Balaban J connectivity index is 0.000000320. The molecule has 4 rings (SSSR count). The van der Waals surface area contributed by atoms with Gasteiger partial charge in [-0.2, -0.15) is 0 Å². The van der Waals surface area contributed by atoms with Gasteiger partial charge in [-0.15, -0.1) is 0 Å². The Kier molecular flexibility index (Phi) is 15.2. The van der Waals surface area contributed by atoms with Crippen LogP contribution in [0.2, 0.25) is 0 Å². The summed E-state index contributed by atoms with van der Waals surface area (Å²) in [6.45, 7) is 44.5. The lowest BCUT2D eigenvalue weighted by Crippen LogP contribution is -2.14. The van der Waals surface area contributed by atoms with Gasteiger partial charge in [-0.1, -0.05) is 167 Å². The van der Waals surface area contributed by atoms with Gasteiger partial charge in [-0.3, -0.25) is 0 Å². The van der Waals surface area contributed by atoms with Gasteiger partial charge >= 0.3 is 0 Å². The molecule has 0 nitrogen and oxygen atoms in total. The number of aryl methyl sites for hydroxylation is 7. The molecule has 48 heavy (non-hydrogen) atoms. The first-order chi connectivity index (χ1) is 21.7. The third-order valence-corrected chi connectivity index (χ3v) is 9.03. The minimum Gasteiger partial charge on any atom is -0.0617 e. The summed E-state index contributed by atoms with van der Waals surface area (Å²) >= 11 is 0. The second kappa shape index (κ2) is 17.0. The van der Waals surface area contributed by atoms with E-state index in [4.69, 9.17) is 0 Å². The van der Waals surface area contributed by atoms with Gasteiger partial charge in [-0.05, 0) is 133 Å². The van der Waals surface area contributed by atoms with Crippen LogP contribution >= 0.6 is 0 Å². The van der Waals surface area contributed by atoms with Gasteiger partial charge in [0.25, 0.3) is 0 Å². The van der Waals surface area contributed by atoms with E-state index in [0.717, 1.165) is 0 Å². The van der Waals surface area contributed by atoms with Crippen molar-refractivity contribution in [2.75, 3.05) is 0 Å². The summed E-state index contributed by atoms with van der Waals surface area (Å²) in [6.07, 6.45) is 0. The Morgan fingerprint density at radius 1 is 0.312 bits per heavy atom. The Morgan fingerprint density at radius 2 is 0.729 bits per heavy atom. The zero-order valence-corrected chi connectivity index (χ0v) is 34.9. The van der Waals surface area contributed by atoms with Crippen molar-refractivity contribution in [1.29, 1.82) is 0 Å². The van der Waals surface area contributed by atoms with Crippen molar-refractivity contribution in [3.05, 3.63) is 140 Å². The van der Waals surface area contributed by atoms with Crippen molar-refractivity contribution in [2.24, 2.45) is 0 Å². The molecule has 0 aliphatic heterocycles. The average molecular weight is 649 g/mol. The summed E-state index contributed by atoms with van der Waals surface area (Å²) in [6, 6.07) is 26.4. The van der Waals surface area contributed by atoms with Crippen LogP contribution in [0.4, 0.5) is 0 Å². The Morgan fingerprint density at radius 3 is 1.10 bits per heavy atom. The molecule has 0 amide bonds. The smallest absolute Gasteiger partial charge is 0.0127 e. The third kappa shape index (κ3) is 13.4. The molecule has 0 bridgehead atoms. The van der Waals surface area contributed by atoms with E-state index in [1.165, 1.54) is 66.8 Å². The zero-order chi connectivity index (χ0) is 37.4. The van der Waals surface area contributed by atoms with E-state index in [9.17, 15) is 0 Å². The summed E-state index contributed by atoms with van der Waals surface area (Å²) in [5.41, 5.74) is 18.1. The zero-order valence-electron chi connectivity index (χ0n) is 34.9. The predicted molar refractivity (Wildman–Crippen MR) is 218 cm³/mol. The second-order valence-corrected chi connectivity index (χ2v) is 18.2. The molecule has 4 aromatic carbocycles. The average Bonchev–Trinajstić information content (AvgIpc) is 2.90. The lowest BCUT2D eigenvalue weighted by molar-refractivity contribution is 0.582. The molecule has 4 aromatic rings. The van der Waals surface area contributed by atoms with E-state index in [1.807, 2.05) is 0 Å². The quantitative estimate of drug-likeness (QED) is 0.178. The number of hydrogen-bond donors (Lipinski definition) is 0. The number of hydrogen-bond acceptors (Lipinski definition) is 0. The molecule has 0 heterocycles. The van der Waals surface area contributed by atoms with Gasteiger partial charge in [0, 0.05) is 0 Å². The van der Waals surface area contributed by atoms with E-state index in [1.54, 1.807) is 0 Å². The molecule has 0 radical (unpaired) electrons. The van der Waals surface area contributed by atoms with Crippen LogP contribution in [0.25, 0.3) is 0 Å². The lowest BCUT2D eigenvalue weighted by Gasteiger charge is -2.23. The summed E-state index contributed by atoms with van der Waals surface area (Å²) in [5.74, 6) is 0. The van der Waals surface area contributed by atoms with E-state index in [0.29, 0.717) is 0 Å². The minimum atomic E-state index is 0.273. The largest absolute Gasteiger partial charge is 0.0617 e. The maximum atomic E-state index is 2.29. The first-order valence-electron chi connectivity index (χ1n) is 18.0. The van der Waals surface area contributed by atoms with E-state index >= 15 is 0 Å². The maximum Gasteiger partial charge on any atom is -0.0127 e. The van der Waals surface area contributed by atoms with Gasteiger partial charge < -0.3 is 0 Å². The highest BCUT2D eigenvalue weighted by molar-refractivity contribution is 5.39. The fourth-order valence-corrected chi connectivity index (χ4v) is 6.76. The van der Waals surface area contributed by atoms with Gasteiger partial charge in [0.05, 0.1) is 0 Å². The molecule has 0 spiro atoms. The maximum absolute atomic E-state index is 2.29. The molecule has 0 atom stereocenters. The van der Waals surface area contributed by atoms with Crippen LogP contribution in [0.5, 0.6) is 0 Å². The molecule has 0 saturated heterocycles. The van der Waals surface area contributed by atoms with Crippen molar-refractivity contribution in [2.45, 2.75) is 160 Å². The SMILES string of the molecule is Cc1ccc(C(C)(C)C)c(C)c1.Cc1ccc(C)c(C(C)(C)C)c1.Cc1cccc(C(C)(C)C)c1C.Cc1cccc(C)c1C(C)(C)C. The van der Waals surface area contributed by atoms with E-state index in [-0.39, 0.29) is 21.7 Å². The van der Waals surface area contributed by atoms with Crippen LogP contribution in [0.3, 0.4) is 0 Å². The van der Waals surface area contributed by atoms with Gasteiger partial charge in [0.2, 0.25) is 0 Å². The van der Waals surface area contributed by atoms with Crippen LogP contribution in [0.1, 0.15) is 150 Å². The van der Waals surface area contributed by atoms with Crippen LogP contribution in [-0.2, 0) is 21.7 Å². The van der Waals surface area contributed by atoms with Crippen molar-refractivity contribution in [3.63, 3.8) is 0 Å². The molecule has 0 N–H and O–H groups in total. The summed E-state index contributed by atoms with van der Waals surface area (Å²) < 4.78 is 0. The molecule has 0 saturated carbocycles. The minimum absolute atomic E-state index is 0.273. The molecule has 264 valence electrons. The normalized spacial score (nSPS) is 11.8. The van der Waals surface area contributed by atoms with Crippen LogP contribution in [0.15, 0.2) is 72.8 Å². The van der Waals surface area contributed by atoms with Crippen molar-refractivity contribution in [3.8, 4) is 0 Å². The molecule has 0 unspecified atom stereocenters. The fourth-order valence-electron chi connectivity index (χ4n) is 6.76. The lowest BCUT2D eigenvalue weighted by atomic mass is 9.81. The van der Waals surface area contributed by atoms with Gasteiger partial charge in [0.15, 0.2) is 0 Å². The van der Waals surface area contributed by atoms with Crippen molar-refractivity contribution in [1.82, 2.24) is 0 Å². The van der Waals surface area contributed by atoms with Crippen molar-refractivity contribution >= 4 is 0 Å². The van der Waals surface area contributed by atoms with Crippen LogP contribution < -0.4 is 0 Å². The topological polar surface area (TPSA) is 0 Å². The fraction of sp³-hybridized carbons (Fsp3) is 0.500. The molecule has 0 aliphatic rings. The summed E-state index contributed by atoms with van der Waals surface area (Å²) in [7, 11) is 0. The van der Waals surface area contributed by atoms with E-state index < -0.39 is 0 Å². The highest BCUT2D eigenvalue weighted by Crippen LogP contribution is 2.29. The van der Waals surface area contributed by atoms with Gasteiger partial charge in [-0.25, -0.2) is 0 Å². The standard InChI is InChI=1S/4C12H18/c1-9-6-7-11(10(2)8-9)12(3,4)5;1-9-6-7-10(2)11(8-9)12(3,4)5;1-9-7-6-8-11(10(9)2)12(3,4)5;1-9-7-6-8-10(2)11(9)12(3,4)5/h4*6-8H,1-5H3. The van der Waals surface area contributed by atoms with Crippen LogP contribution in [0, 0.1) is 55.4 Å². The van der Waals surface area contributed by atoms with E-state index in [2.05, 4.69) is 211 Å². The molecule has 0 aliphatic carbocycles. The van der Waals surface area contributed by atoms with Crippen LogP contribution in [-0.4, -0.2) is 0 Å². The Bertz CT molecular complexity index is 1570. The summed E-state index contributed by atoms with van der Waals surface area (Å²) in [5, 5.41) is 0. The third-order valence-electron chi connectivity index (χ3n) is 9.03. The monoisotopic (exact) mass is 649 g/mol. The highest BCUT2D eigenvalue weighted by Gasteiger charge is 2.19. The first-order valence-corrected chi connectivity index (χ1v) is 18.0. The first kappa shape index (κ1) is 42.9. The molecule has 0 fully saturated rings. The number of rotatable bonds is 0. The second-order valence-electron chi connectivity index (χ2n) is 18.2. The Labute approximate surface area is 298 Å². The predicted octanol–water partition coefficient (Wildman–Crippen LogP) is 14.4. The molecule has 0 aromatic heterocycles.